The minimum absolute atomic E-state index is 0.102. The van der Waals surface area contributed by atoms with Crippen LogP contribution < -0.4 is 10.9 Å². The number of anilines is 1. The van der Waals surface area contributed by atoms with Crippen molar-refractivity contribution in [1.82, 2.24) is 19.3 Å². The highest BCUT2D eigenvalue weighted by molar-refractivity contribution is 7.99. The van der Waals surface area contributed by atoms with E-state index in [1.165, 1.54) is 11.8 Å². The Morgan fingerprint density at radius 3 is 2.79 bits per heavy atom. The fourth-order valence-electron chi connectivity index (χ4n) is 3.56. The van der Waals surface area contributed by atoms with Gasteiger partial charge in [0.05, 0.1) is 17.8 Å². The van der Waals surface area contributed by atoms with Crippen LogP contribution in [0.25, 0.3) is 11.0 Å². The number of aromatic nitrogens is 4. The maximum atomic E-state index is 13.1. The molecule has 2 aromatic heterocycles. The third-order valence-corrected chi connectivity index (χ3v) is 6.19. The third-order valence-electron chi connectivity index (χ3n) is 5.09. The number of rotatable bonds is 3. The lowest BCUT2D eigenvalue weighted by atomic mass is 10.1. The molecule has 0 saturated carbocycles. The van der Waals surface area contributed by atoms with Crippen molar-refractivity contribution >= 4 is 34.4 Å². The Morgan fingerprint density at radius 1 is 1.31 bits per heavy atom. The molecule has 1 aliphatic heterocycles. The highest BCUT2D eigenvalue weighted by Gasteiger charge is 2.30. The van der Waals surface area contributed by atoms with Crippen molar-refractivity contribution in [1.29, 1.82) is 0 Å². The Kier molecular flexibility index (Phi) is 4.77. The van der Waals surface area contributed by atoms with Crippen LogP contribution in [0.1, 0.15) is 44.4 Å². The van der Waals surface area contributed by atoms with Crippen molar-refractivity contribution < 1.29 is 4.79 Å². The first-order valence-corrected chi connectivity index (χ1v) is 10.6. The molecule has 0 bridgehead atoms. The lowest BCUT2D eigenvalue weighted by molar-refractivity contribution is -0.116. The lowest BCUT2D eigenvalue weighted by Gasteiger charge is -2.20. The zero-order valence-electron chi connectivity index (χ0n) is 17.3. The highest BCUT2D eigenvalue weighted by Crippen LogP contribution is 2.34. The number of amides is 1. The molecule has 29 heavy (non-hydrogen) atoms. The van der Waals surface area contributed by atoms with Gasteiger partial charge < -0.3 is 5.32 Å². The van der Waals surface area contributed by atoms with E-state index in [1.54, 1.807) is 15.4 Å². The first kappa shape index (κ1) is 19.7. The SMILES string of the molecule is Cc1ccc(C)c(NC(=O)CC2CSc3nc4c(cnn4C(C)(C)C)c(=O)n32)c1. The number of hydrogen-bond acceptors (Lipinski definition) is 5. The topological polar surface area (TPSA) is 81.8 Å². The van der Waals surface area contributed by atoms with Crippen LogP contribution in [0.15, 0.2) is 34.3 Å². The van der Waals surface area contributed by atoms with Crippen LogP contribution in [0.3, 0.4) is 0 Å². The molecule has 0 saturated heterocycles. The number of fused-ring (bicyclic) bond motifs is 2. The van der Waals surface area contributed by atoms with Crippen LogP contribution >= 0.6 is 11.8 Å². The van der Waals surface area contributed by atoms with E-state index in [0.717, 1.165) is 16.8 Å². The van der Waals surface area contributed by atoms with E-state index in [0.29, 0.717) is 21.9 Å². The number of nitrogens with zero attached hydrogens (tertiary/aromatic N) is 4. The monoisotopic (exact) mass is 411 g/mol. The van der Waals surface area contributed by atoms with Crippen LogP contribution in [0.5, 0.6) is 0 Å². The summed E-state index contributed by atoms with van der Waals surface area (Å²) < 4.78 is 3.44. The summed E-state index contributed by atoms with van der Waals surface area (Å²) in [6.07, 6.45) is 1.81. The molecule has 1 amide bonds. The zero-order chi connectivity index (χ0) is 20.9. The summed E-state index contributed by atoms with van der Waals surface area (Å²) in [6.45, 7) is 10.0. The summed E-state index contributed by atoms with van der Waals surface area (Å²) in [5.74, 6) is 0.549. The standard InChI is InChI=1S/C21H25N5O2S/c1-12-6-7-13(2)16(8-12)23-17(27)9-14-11-29-20-24-18-15(19(28)25(14)20)10-22-26(18)21(3,4)5/h6-8,10,14H,9,11H2,1-5H3,(H,23,27). The third kappa shape index (κ3) is 3.57. The molecule has 0 radical (unpaired) electrons. The van der Waals surface area contributed by atoms with E-state index in [2.05, 4.69) is 10.4 Å². The summed E-state index contributed by atoms with van der Waals surface area (Å²) >= 11 is 1.51. The van der Waals surface area contributed by atoms with Gasteiger partial charge in [-0.2, -0.15) is 5.10 Å². The summed E-state index contributed by atoms with van der Waals surface area (Å²) in [5.41, 5.74) is 3.12. The second-order valence-corrected chi connectivity index (χ2v) is 9.56. The van der Waals surface area contributed by atoms with Crippen LogP contribution in [-0.2, 0) is 10.3 Å². The molecule has 3 heterocycles. The Hall–Kier alpha value is -2.61. The van der Waals surface area contributed by atoms with E-state index in [9.17, 15) is 9.59 Å². The first-order chi connectivity index (χ1) is 13.6. The van der Waals surface area contributed by atoms with E-state index in [4.69, 9.17) is 4.98 Å². The van der Waals surface area contributed by atoms with Gasteiger partial charge in [0, 0.05) is 17.9 Å². The lowest BCUT2D eigenvalue weighted by Crippen LogP contribution is -2.29. The molecule has 0 aliphatic carbocycles. The van der Waals surface area contributed by atoms with Gasteiger partial charge in [0.2, 0.25) is 5.91 Å². The Morgan fingerprint density at radius 2 is 2.07 bits per heavy atom. The average Bonchev–Trinajstić information content (AvgIpc) is 3.23. The van der Waals surface area contributed by atoms with Crippen molar-refractivity contribution in [2.45, 2.75) is 57.8 Å². The predicted octanol–water partition coefficient (Wildman–Crippen LogP) is 3.64. The normalized spacial score (nSPS) is 16.2. The minimum Gasteiger partial charge on any atom is -0.326 e. The van der Waals surface area contributed by atoms with E-state index in [-0.39, 0.29) is 29.5 Å². The number of carbonyl (C=O) groups excluding carboxylic acids is 1. The molecule has 4 rings (SSSR count). The maximum absolute atomic E-state index is 13.1. The zero-order valence-corrected chi connectivity index (χ0v) is 18.1. The number of thioether (sulfide) groups is 1. The molecule has 1 atom stereocenters. The van der Waals surface area contributed by atoms with Crippen molar-refractivity contribution in [3.05, 3.63) is 45.9 Å². The Labute approximate surface area is 173 Å². The molecule has 1 N–H and O–H groups in total. The molecular formula is C21H25N5O2S. The molecule has 0 fully saturated rings. The second kappa shape index (κ2) is 7.02. The quantitative estimate of drug-likeness (QED) is 0.666. The first-order valence-electron chi connectivity index (χ1n) is 9.66. The summed E-state index contributed by atoms with van der Waals surface area (Å²) in [7, 11) is 0. The van der Waals surface area contributed by atoms with Crippen molar-refractivity contribution in [3.8, 4) is 0 Å². The van der Waals surface area contributed by atoms with Gasteiger partial charge in [-0.3, -0.25) is 14.2 Å². The van der Waals surface area contributed by atoms with Crippen LogP contribution in [0, 0.1) is 13.8 Å². The van der Waals surface area contributed by atoms with Gasteiger partial charge in [0.1, 0.15) is 5.39 Å². The smallest absolute Gasteiger partial charge is 0.265 e. The molecule has 1 aromatic carbocycles. The molecule has 1 aliphatic rings. The number of carbonyl (C=O) groups is 1. The maximum Gasteiger partial charge on any atom is 0.265 e. The molecule has 3 aromatic rings. The Bertz CT molecular complexity index is 1170. The average molecular weight is 412 g/mol. The van der Waals surface area contributed by atoms with Crippen LogP contribution in [-0.4, -0.2) is 31.0 Å². The van der Waals surface area contributed by atoms with Crippen molar-refractivity contribution in [3.63, 3.8) is 0 Å². The molecule has 0 spiro atoms. The second-order valence-electron chi connectivity index (χ2n) is 8.57. The van der Waals surface area contributed by atoms with Gasteiger partial charge >= 0.3 is 0 Å². The van der Waals surface area contributed by atoms with Gasteiger partial charge in [0.15, 0.2) is 10.8 Å². The number of nitrogens with one attached hydrogen (secondary N) is 1. The van der Waals surface area contributed by atoms with Gasteiger partial charge in [0.25, 0.3) is 5.56 Å². The van der Waals surface area contributed by atoms with E-state index in [1.807, 2.05) is 52.8 Å². The fraction of sp³-hybridized carbons (Fsp3) is 0.429. The number of benzene rings is 1. The number of hydrogen-bond donors (Lipinski definition) is 1. The summed E-state index contributed by atoms with van der Waals surface area (Å²) in [5, 5.41) is 8.51. The highest BCUT2D eigenvalue weighted by atomic mass is 32.2. The summed E-state index contributed by atoms with van der Waals surface area (Å²) in [4.78, 5) is 30.5. The molecule has 1 unspecified atom stereocenters. The van der Waals surface area contributed by atoms with Crippen molar-refractivity contribution in [2.24, 2.45) is 0 Å². The number of aryl methyl sites for hydroxylation is 2. The molecule has 8 heteroatoms. The fourth-order valence-corrected chi connectivity index (χ4v) is 4.69. The minimum atomic E-state index is -0.270. The molecule has 152 valence electrons. The van der Waals surface area contributed by atoms with Crippen molar-refractivity contribution in [2.75, 3.05) is 11.1 Å². The molecule has 7 nitrogen and oxygen atoms in total. The van der Waals surface area contributed by atoms with E-state index >= 15 is 0 Å². The van der Waals surface area contributed by atoms with Gasteiger partial charge in [-0.25, -0.2) is 9.67 Å². The van der Waals surface area contributed by atoms with E-state index < -0.39 is 0 Å². The van der Waals surface area contributed by atoms with Crippen LogP contribution in [0.2, 0.25) is 0 Å². The largest absolute Gasteiger partial charge is 0.326 e. The van der Waals surface area contributed by atoms with Gasteiger partial charge in [-0.05, 0) is 51.8 Å². The molecular weight excluding hydrogens is 386 g/mol. The predicted molar refractivity (Wildman–Crippen MR) is 116 cm³/mol. The Balaban J connectivity index is 1.62. The summed E-state index contributed by atoms with van der Waals surface area (Å²) in [6, 6.07) is 5.75. The van der Waals surface area contributed by atoms with Crippen LogP contribution in [0.4, 0.5) is 5.69 Å². The van der Waals surface area contributed by atoms with Gasteiger partial charge in [-0.15, -0.1) is 0 Å². The van der Waals surface area contributed by atoms with Gasteiger partial charge in [-0.1, -0.05) is 23.9 Å².